The van der Waals surface area contributed by atoms with Crippen molar-refractivity contribution in [3.63, 3.8) is 0 Å². The van der Waals surface area contributed by atoms with E-state index in [1.807, 2.05) is 0 Å². The highest BCUT2D eigenvalue weighted by Crippen LogP contribution is 2.44. The highest BCUT2D eigenvalue weighted by atomic mass is 19.2. The van der Waals surface area contributed by atoms with Crippen molar-refractivity contribution in [1.82, 2.24) is 0 Å². The molecule has 0 saturated heterocycles. The zero-order valence-electron chi connectivity index (χ0n) is 25.0. The average molecular weight is 577 g/mol. The zero-order chi connectivity index (χ0) is 29.2. The fraction of sp³-hybridized carbons (Fsp3) is 0.657. The van der Waals surface area contributed by atoms with Crippen molar-refractivity contribution in [2.45, 2.75) is 134 Å². The Balaban J connectivity index is 1.31. The third-order valence-corrected chi connectivity index (χ3v) is 9.30. The van der Waals surface area contributed by atoms with Crippen LogP contribution in [0, 0.1) is 23.3 Å². The van der Waals surface area contributed by atoms with E-state index in [9.17, 15) is 4.39 Å². The largest absolute Gasteiger partial charge is 0.490 e. The predicted molar refractivity (Wildman–Crippen MR) is 157 cm³/mol. The maximum atomic E-state index is 15.3. The van der Waals surface area contributed by atoms with Crippen LogP contribution in [0.5, 0.6) is 5.75 Å². The normalized spacial score (nSPS) is 23.1. The fourth-order valence-corrected chi connectivity index (χ4v) is 6.72. The molecule has 2 fully saturated rings. The molecule has 0 N–H and O–H groups in total. The molecule has 41 heavy (non-hydrogen) atoms. The standard InChI is InChI=1S/C35H48F4O2/c1-3-5-7-8-9-23-41-31-21-20-30(34(38)35(31)39)25-12-10-24(11-13-25)28-18-19-29(33(37)32(28)36)26-14-16-27(17-15-26)40-22-6-4-2/h18-21,24-27H,3-17,22-23H2,1-2H3. The molecule has 2 saturated carbocycles. The van der Waals surface area contributed by atoms with Gasteiger partial charge in [-0.1, -0.05) is 64.2 Å². The van der Waals surface area contributed by atoms with E-state index in [-0.39, 0.29) is 29.6 Å². The van der Waals surface area contributed by atoms with E-state index in [1.54, 1.807) is 18.2 Å². The van der Waals surface area contributed by atoms with E-state index >= 15 is 13.2 Å². The molecule has 0 amide bonds. The van der Waals surface area contributed by atoms with Crippen molar-refractivity contribution in [1.29, 1.82) is 0 Å². The third kappa shape index (κ3) is 8.27. The molecular formula is C35H48F4O2. The van der Waals surface area contributed by atoms with Gasteiger partial charge in [-0.3, -0.25) is 0 Å². The number of unbranched alkanes of at least 4 members (excludes halogenated alkanes) is 5. The van der Waals surface area contributed by atoms with Crippen LogP contribution in [0.4, 0.5) is 17.6 Å². The lowest BCUT2D eigenvalue weighted by atomic mass is 9.75. The van der Waals surface area contributed by atoms with E-state index in [0.29, 0.717) is 49.0 Å². The average Bonchev–Trinajstić information content (AvgIpc) is 2.99. The Kier molecular flexibility index (Phi) is 12.4. The quantitative estimate of drug-likeness (QED) is 0.164. The van der Waals surface area contributed by atoms with Crippen molar-refractivity contribution in [3.8, 4) is 5.75 Å². The number of rotatable bonds is 14. The number of ether oxygens (including phenoxy) is 2. The molecule has 0 radical (unpaired) electrons. The summed E-state index contributed by atoms with van der Waals surface area (Å²) < 4.78 is 71.8. The molecule has 6 heteroatoms. The maximum Gasteiger partial charge on any atom is 0.200 e. The van der Waals surface area contributed by atoms with Crippen LogP contribution in [0.2, 0.25) is 0 Å². The highest BCUT2D eigenvalue weighted by Gasteiger charge is 2.31. The van der Waals surface area contributed by atoms with Gasteiger partial charge < -0.3 is 9.47 Å². The minimum atomic E-state index is -0.927. The van der Waals surface area contributed by atoms with Gasteiger partial charge in [-0.05, 0) is 105 Å². The van der Waals surface area contributed by atoms with E-state index in [2.05, 4.69) is 13.8 Å². The number of hydrogen-bond donors (Lipinski definition) is 0. The molecule has 0 atom stereocenters. The van der Waals surface area contributed by atoms with Crippen LogP contribution < -0.4 is 4.74 Å². The van der Waals surface area contributed by atoms with Gasteiger partial charge in [0.25, 0.3) is 0 Å². The molecule has 0 unspecified atom stereocenters. The van der Waals surface area contributed by atoms with Crippen LogP contribution in [0.3, 0.4) is 0 Å². The van der Waals surface area contributed by atoms with Gasteiger partial charge in [0.05, 0.1) is 12.7 Å². The van der Waals surface area contributed by atoms with Crippen molar-refractivity contribution in [3.05, 3.63) is 64.2 Å². The van der Waals surface area contributed by atoms with Gasteiger partial charge in [0, 0.05) is 6.61 Å². The summed E-state index contributed by atoms with van der Waals surface area (Å²) in [5.41, 5.74) is 1.25. The molecule has 0 heterocycles. The Morgan fingerprint density at radius 3 is 1.54 bits per heavy atom. The van der Waals surface area contributed by atoms with Gasteiger partial charge in [-0.15, -0.1) is 0 Å². The predicted octanol–water partition coefficient (Wildman–Crippen LogP) is 10.9. The summed E-state index contributed by atoms with van der Waals surface area (Å²) in [6.07, 6.45) is 13.4. The summed E-state index contributed by atoms with van der Waals surface area (Å²) in [5.74, 6) is -3.51. The number of halogens is 4. The molecular weight excluding hydrogens is 528 g/mol. The molecule has 2 aliphatic carbocycles. The second kappa shape index (κ2) is 16.0. The lowest BCUT2D eigenvalue weighted by Crippen LogP contribution is -2.22. The van der Waals surface area contributed by atoms with Crippen LogP contribution in [-0.4, -0.2) is 19.3 Å². The molecule has 228 valence electrons. The molecule has 0 bridgehead atoms. The molecule has 0 spiro atoms. The lowest BCUT2D eigenvalue weighted by molar-refractivity contribution is 0.0230. The molecule has 0 aliphatic heterocycles. The SMILES string of the molecule is CCCCCCCOc1ccc(C2CCC(c3ccc(C4CCC(OCCCC)CC4)c(F)c3F)CC2)c(F)c1F. The first-order valence-electron chi connectivity index (χ1n) is 16.1. The summed E-state index contributed by atoms with van der Waals surface area (Å²) in [4.78, 5) is 0. The fourth-order valence-electron chi connectivity index (χ4n) is 6.72. The van der Waals surface area contributed by atoms with Crippen molar-refractivity contribution in [2.75, 3.05) is 13.2 Å². The Morgan fingerprint density at radius 2 is 1.00 bits per heavy atom. The minimum absolute atomic E-state index is 0.0196. The summed E-state index contributed by atoms with van der Waals surface area (Å²) in [5, 5.41) is 0. The van der Waals surface area contributed by atoms with Gasteiger partial charge in [0.15, 0.2) is 23.2 Å². The first-order valence-corrected chi connectivity index (χ1v) is 16.1. The molecule has 2 aromatic carbocycles. The first kappa shape index (κ1) is 31.8. The van der Waals surface area contributed by atoms with Crippen LogP contribution in [0.25, 0.3) is 0 Å². The number of benzene rings is 2. The second-order valence-electron chi connectivity index (χ2n) is 12.2. The zero-order valence-corrected chi connectivity index (χ0v) is 25.0. The molecule has 2 aliphatic rings. The van der Waals surface area contributed by atoms with Gasteiger partial charge in [-0.25, -0.2) is 13.2 Å². The van der Waals surface area contributed by atoms with E-state index in [0.717, 1.165) is 70.8 Å². The second-order valence-corrected chi connectivity index (χ2v) is 12.2. The van der Waals surface area contributed by atoms with Crippen molar-refractivity contribution in [2.24, 2.45) is 0 Å². The van der Waals surface area contributed by atoms with Crippen molar-refractivity contribution < 1.29 is 27.0 Å². The smallest absolute Gasteiger partial charge is 0.200 e. The summed E-state index contributed by atoms with van der Waals surface area (Å²) in [7, 11) is 0. The van der Waals surface area contributed by atoms with Crippen LogP contribution in [0.15, 0.2) is 24.3 Å². The van der Waals surface area contributed by atoms with E-state index in [1.165, 1.54) is 12.5 Å². The minimum Gasteiger partial charge on any atom is -0.490 e. The van der Waals surface area contributed by atoms with Gasteiger partial charge in [0.2, 0.25) is 5.82 Å². The van der Waals surface area contributed by atoms with E-state index < -0.39 is 23.3 Å². The lowest BCUT2D eigenvalue weighted by Gasteiger charge is -2.31. The summed E-state index contributed by atoms with van der Waals surface area (Å²) in [6.45, 7) is 5.43. The third-order valence-electron chi connectivity index (χ3n) is 9.30. The van der Waals surface area contributed by atoms with Crippen molar-refractivity contribution >= 4 is 0 Å². The summed E-state index contributed by atoms with van der Waals surface area (Å²) >= 11 is 0. The summed E-state index contributed by atoms with van der Waals surface area (Å²) in [6, 6.07) is 6.70. The Labute approximate surface area is 244 Å². The van der Waals surface area contributed by atoms with E-state index in [4.69, 9.17) is 9.47 Å². The van der Waals surface area contributed by atoms with Crippen LogP contribution >= 0.6 is 0 Å². The number of hydrogen-bond acceptors (Lipinski definition) is 2. The Bertz CT molecular complexity index is 1090. The first-order chi connectivity index (χ1) is 19.9. The molecule has 0 aromatic heterocycles. The monoisotopic (exact) mass is 576 g/mol. The molecule has 2 aromatic rings. The molecule has 2 nitrogen and oxygen atoms in total. The Hall–Kier alpha value is -2.08. The van der Waals surface area contributed by atoms with Crippen LogP contribution in [0.1, 0.15) is 145 Å². The highest BCUT2D eigenvalue weighted by molar-refractivity contribution is 5.35. The topological polar surface area (TPSA) is 18.5 Å². The van der Waals surface area contributed by atoms with Gasteiger partial charge in [-0.2, -0.15) is 4.39 Å². The molecule has 4 rings (SSSR count). The van der Waals surface area contributed by atoms with Crippen LogP contribution in [-0.2, 0) is 4.74 Å². The van der Waals surface area contributed by atoms with Gasteiger partial charge in [0.1, 0.15) is 0 Å². The maximum absolute atomic E-state index is 15.3. The Morgan fingerprint density at radius 1 is 0.537 bits per heavy atom. The van der Waals surface area contributed by atoms with Gasteiger partial charge >= 0.3 is 0 Å².